The molecule has 43 valence electrons. The van der Waals surface area contributed by atoms with Crippen LogP contribution in [0.2, 0.25) is 0 Å². The van der Waals surface area contributed by atoms with Crippen LogP contribution in [0.15, 0.2) is 11.1 Å². The van der Waals surface area contributed by atoms with Crippen LogP contribution in [0.3, 0.4) is 0 Å². The van der Waals surface area contributed by atoms with Gasteiger partial charge in [-0.05, 0) is 0 Å². The Morgan fingerprint density at radius 1 is 1.25 bits per heavy atom. The molecule has 0 aliphatic carbocycles. The van der Waals surface area contributed by atoms with Gasteiger partial charge < -0.3 is 0 Å². The van der Waals surface area contributed by atoms with Crippen LogP contribution in [0.25, 0.3) is 0 Å². The average molecular weight is 303 g/mol. The van der Waals surface area contributed by atoms with Crippen LogP contribution in [0.5, 0.6) is 0 Å². The molecule has 1 aliphatic heterocycles. The Balaban J connectivity index is 2.85. The van der Waals surface area contributed by atoms with E-state index in [1.54, 1.807) is 14.8 Å². The molecule has 0 atom stereocenters. The van der Waals surface area contributed by atoms with E-state index in [9.17, 15) is 0 Å². The molecule has 1 heterocycles. The van der Waals surface area contributed by atoms with E-state index in [1.807, 2.05) is 0 Å². The molecule has 0 spiro atoms. The summed E-state index contributed by atoms with van der Waals surface area (Å²) in [6.07, 6.45) is 0. The zero-order valence-electron chi connectivity index (χ0n) is 5.52. The molecule has 1 heteroatoms. The molecule has 1 aliphatic rings. The molecule has 0 N–H and O–H groups in total. The molecule has 0 aromatic heterocycles. The van der Waals surface area contributed by atoms with Gasteiger partial charge in [0.15, 0.2) is 0 Å². The summed E-state index contributed by atoms with van der Waals surface area (Å²) in [7, 11) is 0. The summed E-state index contributed by atoms with van der Waals surface area (Å²) >= 11 is -0.236. The summed E-state index contributed by atoms with van der Waals surface area (Å²) in [4.78, 5) is 0. The van der Waals surface area contributed by atoms with Gasteiger partial charge in [-0.15, -0.1) is 0 Å². The van der Waals surface area contributed by atoms with E-state index in [4.69, 9.17) is 0 Å². The molecule has 0 saturated heterocycles. The number of rotatable bonds is 0. The van der Waals surface area contributed by atoms with E-state index in [2.05, 4.69) is 24.5 Å². The normalized spacial score (nSPS) is 20.9. The van der Waals surface area contributed by atoms with E-state index in [-0.39, 0.29) is 22.8 Å². The van der Waals surface area contributed by atoms with Crippen molar-refractivity contribution in [2.24, 2.45) is 0 Å². The molecule has 0 fully saturated rings. The van der Waals surface area contributed by atoms with Crippen LogP contribution in [-0.4, -0.2) is 26.5 Å². The van der Waals surface area contributed by atoms with Gasteiger partial charge >= 0.3 is 62.0 Å². The number of hydrogen-bond donors (Lipinski definition) is 0. The Kier molecular flexibility index (Phi) is 1.98. The predicted octanol–water partition coefficient (Wildman–Crippen LogP) is 1.39. The summed E-state index contributed by atoms with van der Waals surface area (Å²) in [5.41, 5.74) is 3.11. The molecule has 0 bridgehead atoms. The van der Waals surface area contributed by atoms with Gasteiger partial charge in [0.1, 0.15) is 0 Å². The Morgan fingerprint density at radius 2 is 1.88 bits per heavy atom. The fraction of sp³-hybridized carbons (Fsp3) is 0.429. The maximum absolute atomic E-state index is 2.46. The minimum absolute atomic E-state index is 0.236. The van der Waals surface area contributed by atoms with Crippen molar-refractivity contribution in [2.75, 3.05) is 0 Å². The maximum atomic E-state index is 2.46. The average Bonchev–Trinajstić information content (AvgIpc) is 1.98. The summed E-state index contributed by atoms with van der Waals surface area (Å²) in [5, 5.41) is 0. The first-order valence-electron chi connectivity index (χ1n) is 2.77. The fourth-order valence-corrected chi connectivity index (χ4v) is 4.37. The first-order valence-corrected chi connectivity index (χ1v) is 6.52. The molecule has 0 saturated carbocycles. The van der Waals surface area contributed by atoms with Crippen LogP contribution >= 0.6 is 0 Å². The van der Waals surface area contributed by atoms with Crippen molar-refractivity contribution in [2.45, 2.75) is 20.8 Å². The standard InChI is InChI=1S/C7H10.Bi/c1-5-7(4)6(2)3;/h2H,1,3-4H3;. The van der Waals surface area contributed by atoms with Gasteiger partial charge in [0.25, 0.3) is 0 Å². The van der Waals surface area contributed by atoms with E-state index in [1.165, 1.54) is 0 Å². The first kappa shape index (κ1) is 6.61. The second kappa shape index (κ2) is 2.39. The second-order valence-corrected chi connectivity index (χ2v) is 6.77. The topological polar surface area (TPSA) is 0 Å². The zero-order valence-corrected chi connectivity index (χ0v) is 9.00. The van der Waals surface area contributed by atoms with E-state index < -0.39 is 0 Å². The van der Waals surface area contributed by atoms with Crippen molar-refractivity contribution in [3.8, 4) is 0 Å². The molecule has 1 radical (unpaired) electrons. The SMILES string of the molecule is C[C]1[Bi]=[CH]C(C)=C1C. The molecule has 0 aromatic carbocycles. The van der Waals surface area contributed by atoms with E-state index >= 15 is 0 Å². The van der Waals surface area contributed by atoms with E-state index in [0.29, 0.717) is 0 Å². The third-order valence-electron chi connectivity index (χ3n) is 1.59. The van der Waals surface area contributed by atoms with Crippen LogP contribution in [0.1, 0.15) is 20.8 Å². The van der Waals surface area contributed by atoms with Gasteiger partial charge in [0, 0.05) is 0 Å². The fourth-order valence-electron chi connectivity index (χ4n) is 0.673. The molecular formula is C7H10Bi. The molecule has 8 heavy (non-hydrogen) atoms. The van der Waals surface area contributed by atoms with Crippen molar-refractivity contribution in [1.29, 1.82) is 0 Å². The second-order valence-electron chi connectivity index (χ2n) is 2.15. The third kappa shape index (κ3) is 1.08. The van der Waals surface area contributed by atoms with Crippen LogP contribution in [-0.2, 0) is 0 Å². The summed E-state index contributed by atoms with van der Waals surface area (Å²) in [6.45, 7) is 6.73. The van der Waals surface area contributed by atoms with Crippen molar-refractivity contribution in [3.63, 3.8) is 0 Å². The Labute approximate surface area is 62.0 Å². The van der Waals surface area contributed by atoms with Gasteiger partial charge in [0.05, 0.1) is 0 Å². The quantitative estimate of drug-likeness (QED) is 0.593. The predicted molar refractivity (Wildman–Crippen MR) is 39.1 cm³/mol. The van der Waals surface area contributed by atoms with Gasteiger partial charge in [-0.2, -0.15) is 0 Å². The number of hydrogen-bond acceptors (Lipinski definition) is 0. The van der Waals surface area contributed by atoms with Crippen LogP contribution in [0, 0.1) is 3.63 Å². The minimum atomic E-state index is -0.236. The summed E-state index contributed by atoms with van der Waals surface area (Å²) in [6, 6.07) is 0. The van der Waals surface area contributed by atoms with Gasteiger partial charge in [-0.25, -0.2) is 0 Å². The van der Waals surface area contributed by atoms with Crippen LogP contribution in [0.4, 0.5) is 0 Å². The van der Waals surface area contributed by atoms with Crippen LogP contribution < -0.4 is 0 Å². The van der Waals surface area contributed by atoms with Crippen molar-refractivity contribution < 1.29 is 0 Å². The van der Waals surface area contributed by atoms with E-state index in [0.717, 1.165) is 0 Å². The zero-order chi connectivity index (χ0) is 6.15. The van der Waals surface area contributed by atoms with Gasteiger partial charge in [0.2, 0.25) is 0 Å². The Morgan fingerprint density at radius 3 is 2.00 bits per heavy atom. The van der Waals surface area contributed by atoms with Crippen molar-refractivity contribution in [3.05, 3.63) is 14.8 Å². The molecular weight excluding hydrogens is 293 g/mol. The van der Waals surface area contributed by atoms with Gasteiger partial charge in [-0.3, -0.25) is 0 Å². The summed E-state index contributed by atoms with van der Waals surface area (Å²) < 4.78 is 4.17. The number of allylic oxidation sites excluding steroid dienone is 2. The Bertz CT molecular complexity index is 154. The Hall–Kier alpha value is 0.493. The summed E-state index contributed by atoms with van der Waals surface area (Å²) in [5.74, 6) is 0. The van der Waals surface area contributed by atoms with Crippen molar-refractivity contribution in [1.82, 2.24) is 0 Å². The van der Waals surface area contributed by atoms with Gasteiger partial charge in [-0.1, -0.05) is 0 Å². The monoisotopic (exact) mass is 303 g/mol. The van der Waals surface area contributed by atoms with Crippen molar-refractivity contribution >= 4 is 26.5 Å². The molecule has 1 rings (SSSR count). The third-order valence-corrected chi connectivity index (χ3v) is 6.40. The molecule has 0 aromatic rings. The molecule has 0 nitrogen and oxygen atoms in total. The molecule has 0 unspecified atom stereocenters. The first-order chi connectivity index (χ1) is 3.72. The molecule has 0 amide bonds.